The van der Waals surface area contributed by atoms with Crippen LogP contribution in [0.1, 0.15) is 81.7 Å². The number of phenolic OH excluding ortho intramolecular Hbond substituents is 6. The summed E-state index contributed by atoms with van der Waals surface area (Å²) in [4.78, 5) is 52.1. The number of carbonyl (C=O) groups excluding carboxylic acids is 4. The van der Waals surface area contributed by atoms with Crippen LogP contribution in [0.5, 0.6) is 46.0 Å². The van der Waals surface area contributed by atoms with Crippen LogP contribution in [-0.4, -0.2) is 95.6 Å². The van der Waals surface area contributed by atoms with Crippen LogP contribution in [0.25, 0.3) is 0 Å². The van der Waals surface area contributed by atoms with E-state index in [4.69, 9.17) is 20.5 Å². The Balaban J connectivity index is 0.000000270. The molecular weight excluding hydrogens is 1430 g/mol. The summed E-state index contributed by atoms with van der Waals surface area (Å²) in [6.45, 7) is 1.65. The summed E-state index contributed by atoms with van der Waals surface area (Å²) in [5.74, 6) is -7.25. The summed E-state index contributed by atoms with van der Waals surface area (Å²) in [5, 5.41) is 51.4. The number of aryl methyl sites for hydroxylation is 1. The van der Waals surface area contributed by atoms with E-state index in [1.54, 1.807) is 18.2 Å². The number of hydrogen-bond acceptors (Lipinski definition) is 13. The number of ether oxygens (including phenoxy) is 1. The molecule has 0 unspecified atom stereocenters. The van der Waals surface area contributed by atoms with E-state index in [-0.39, 0.29) is 47.7 Å². The molecule has 4 amide bonds. The van der Waals surface area contributed by atoms with Gasteiger partial charge >= 0.3 is 37.1 Å². The van der Waals surface area contributed by atoms with E-state index in [0.717, 1.165) is 29.8 Å². The van der Waals surface area contributed by atoms with Crippen molar-refractivity contribution in [1.82, 2.24) is 0 Å². The molecule has 0 fully saturated rings. The largest absolute Gasteiger partial charge is 0.506 e. The van der Waals surface area contributed by atoms with Gasteiger partial charge in [0.15, 0.2) is 5.41 Å². The van der Waals surface area contributed by atoms with Crippen molar-refractivity contribution in [3.63, 3.8) is 0 Å². The molecule has 0 radical (unpaired) electrons. The molecule has 9 rings (SSSR count). The predicted octanol–water partition coefficient (Wildman–Crippen LogP) is 17.1. The molecule has 0 saturated heterocycles. The number of alkyl halides is 18. The number of hydrogen-bond donors (Lipinski definition) is 12. The predicted molar refractivity (Wildman–Crippen MR) is 339 cm³/mol. The highest BCUT2D eigenvalue weighted by atomic mass is 19.4. The van der Waals surface area contributed by atoms with Crippen molar-refractivity contribution >= 4 is 57.8 Å². The van der Waals surface area contributed by atoms with Crippen LogP contribution in [0, 0.1) is 6.92 Å². The van der Waals surface area contributed by atoms with Gasteiger partial charge in [0.05, 0.1) is 34.1 Å². The molecular formula is C69H50F18N6O11. The number of nitrogens with two attached hydrogens (primary N) is 2. The Morgan fingerprint density at radius 3 is 0.971 bits per heavy atom. The van der Waals surface area contributed by atoms with Crippen molar-refractivity contribution in [2.75, 3.05) is 32.7 Å². The third-order valence-electron chi connectivity index (χ3n) is 16.1. The van der Waals surface area contributed by atoms with E-state index in [1.165, 1.54) is 48.5 Å². The zero-order valence-corrected chi connectivity index (χ0v) is 52.4. The van der Waals surface area contributed by atoms with Gasteiger partial charge in [-0.1, -0.05) is 42.5 Å². The summed E-state index contributed by atoms with van der Waals surface area (Å²) in [6, 6.07) is 26.0. The monoisotopic (exact) mass is 1480 g/mol. The second-order valence-electron chi connectivity index (χ2n) is 22.9. The maximum Gasteiger partial charge on any atom is 0.411 e. The molecule has 0 heterocycles. The van der Waals surface area contributed by atoms with Gasteiger partial charge in [0.2, 0.25) is 10.8 Å². The second-order valence-corrected chi connectivity index (χ2v) is 22.9. The number of nitrogens with one attached hydrogen (secondary N) is 4. The third kappa shape index (κ3) is 15.2. The number of phenols is 6. The highest BCUT2D eigenvalue weighted by molar-refractivity contribution is 6.10. The molecule has 0 aromatic heterocycles. The van der Waals surface area contributed by atoms with E-state index < -0.39 is 173 Å². The molecule has 17 nitrogen and oxygen atoms in total. The van der Waals surface area contributed by atoms with E-state index in [9.17, 15) is 114 Å². The number of benzene rings is 9. The molecule has 9 aromatic rings. The van der Waals surface area contributed by atoms with Crippen LogP contribution in [-0.2, 0) is 16.2 Å². The lowest BCUT2D eigenvalue weighted by Crippen LogP contribution is -2.54. The molecule has 0 saturated carbocycles. The van der Waals surface area contributed by atoms with Crippen LogP contribution in [0.15, 0.2) is 182 Å². The Hall–Kier alpha value is -12.2. The van der Waals surface area contributed by atoms with E-state index in [0.29, 0.717) is 84.2 Å². The molecule has 35 heteroatoms. The van der Waals surface area contributed by atoms with Crippen molar-refractivity contribution in [1.29, 1.82) is 4.29 Å². The zero-order valence-electron chi connectivity index (χ0n) is 55.4. The number of amides is 4. The van der Waals surface area contributed by atoms with Gasteiger partial charge < -0.3 is 68.1 Å². The molecule has 104 heavy (non-hydrogen) atoms. The number of halogens is 18. The van der Waals surface area contributed by atoms with Crippen LogP contribution in [0.3, 0.4) is 0 Å². The Bertz CT molecular complexity index is 4790. The van der Waals surface area contributed by atoms with E-state index in [1.807, 2.05) is 17.6 Å². The summed E-state index contributed by atoms with van der Waals surface area (Å²) in [7, 11) is 0. The Morgan fingerprint density at radius 2 is 0.635 bits per heavy atom. The number of rotatable bonds is 18. The van der Waals surface area contributed by atoms with E-state index >= 15 is 0 Å². The topological polar surface area (TPSA) is 299 Å². The van der Waals surface area contributed by atoms with Gasteiger partial charge in [0.25, 0.3) is 27.9 Å². The lowest BCUT2D eigenvalue weighted by atomic mass is 9.72. The van der Waals surface area contributed by atoms with Gasteiger partial charge in [0.1, 0.15) is 46.0 Å². The lowest BCUT2D eigenvalue weighted by Gasteiger charge is -2.38. The fourth-order valence-corrected chi connectivity index (χ4v) is 10.5. The van der Waals surface area contributed by atoms with Crippen LogP contribution in [0.4, 0.5) is 113 Å². The number of aromatic hydroxyl groups is 6. The summed E-state index contributed by atoms with van der Waals surface area (Å²) >= 11 is 0. The third-order valence-corrected chi connectivity index (χ3v) is 16.1. The van der Waals surface area contributed by atoms with Gasteiger partial charge in [-0.05, 0) is 187 Å². The van der Waals surface area contributed by atoms with Crippen molar-refractivity contribution in [3.8, 4) is 46.0 Å². The summed E-state index contributed by atoms with van der Waals surface area (Å²) in [5.41, 5.74) is -14.1. The van der Waals surface area contributed by atoms with Gasteiger partial charge in [0, 0.05) is 22.3 Å². The molecule has 548 valence electrons. The average Bonchev–Trinajstić information content (AvgIpc) is 0.720. The summed E-state index contributed by atoms with van der Waals surface area (Å²) in [6.07, 6.45) is -36.1. The average molecular weight is 1480 g/mol. The molecule has 14 N–H and O–H groups in total. The Labute approximate surface area is 577 Å². The van der Waals surface area contributed by atoms with Crippen molar-refractivity contribution in [2.24, 2.45) is 0 Å². The molecule has 0 aliphatic rings. The second kappa shape index (κ2) is 28.3. The van der Waals surface area contributed by atoms with Crippen molar-refractivity contribution in [2.45, 2.75) is 67.2 Å². The van der Waals surface area contributed by atoms with Crippen LogP contribution in [0.2, 0.25) is 0 Å². The molecule has 0 atom stereocenters. The molecule has 9 aromatic carbocycles. The fraction of sp³-hybridized carbons (Fsp3) is 0.159. The maximum absolute atomic E-state index is 14.7. The van der Waals surface area contributed by atoms with Crippen molar-refractivity contribution < 1.29 is 134 Å². The standard InChI is InChI=1S/C36H27F6N3O6.C33H23F12N3O5/c1-19-2-13-30(47)27(16-19)44-32(49)20-3-9-24(10-4-20)51-25-11-5-21(6-12-25)33(50)45-28-18-23(8-15-31(28)48)34(35(37,38)39,36(40,41)42)22-7-14-29(46)26(43)17-22;1-28(30(34,35)36,31(37,38)39)17-5-9-24(50)21(13-17)47-26(52)15-3-2-4-16(11-15)27(53)48-22-14-19(7-10-25(22)51)29(32(40,41)42,33(43,44)45)18-6-8-23(49)20(46)12-18/h2-18,46-48H,43H2,1H3,(H,44,49)(H,45,50);2-14,49-51H,46H2,1H3,(H,47,52)(H,48,53)/i/hD3. The van der Waals surface area contributed by atoms with Crippen molar-refractivity contribution in [3.05, 3.63) is 238 Å². The highest BCUT2D eigenvalue weighted by Crippen LogP contribution is 2.60. The minimum atomic E-state index is -6.15. The SMILES string of the molecule is [2H]Oc1ccc(C(c2ccc(O)c(N)c2)(C(F)(F)F)C(F)(F)F)cc1NC(=O)c1cccc(C(=O)Nc2cc(C(C)(C(F)(F)F)C(F)(F)F)ccc2O)c1.[2H]Oc1ccc(C)cc1NC(=O)c1ccc(Oc2ccc(C(=O)Nc3cc(C(c4ccc(O)c(N)c4)(C(F)(F)F)C(F)(F)F)ccc3O[2H])cc2)cc1. The molecule has 0 aliphatic heterocycles. The first kappa shape index (κ1) is 73.0. The number of anilines is 6. The Kier molecular flexibility index (Phi) is 19.9. The Morgan fingerprint density at radius 1 is 0.346 bits per heavy atom. The fourth-order valence-electron chi connectivity index (χ4n) is 10.5. The summed E-state index contributed by atoms with van der Waals surface area (Å²) < 4.78 is 285. The zero-order chi connectivity index (χ0) is 79.5. The normalized spacial score (nSPS) is 12.8. The maximum atomic E-state index is 14.7. The first-order valence-electron chi connectivity index (χ1n) is 30.4. The first-order valence-corrected chi connectivity index (χ1v) is 29.1. The minimum Gasteiger partial charge on any atom is -0.506 e. The number of nitrogen functional groups attached to an aromatic ring is 2. The van der Waals surface area contributed by atoms with E-state index in [2.05, 4.69) is 26.0 Å². The van der Waals surface area contributed by atoms with Gasteiger partial charge in [-0.15, -0.1) is 0 Å². The quantitative estimate of drug-likeness (QED) is 0.0216. The highest BCUT2D eigenvalue weighted by Gasteiger charge is 2.74. The van der Waals surface area contributed by atoms with Gasteiger partial charge in [-0.2, -0.15) is 79.0 Å². The smallest absolute Gasteiger partial charge is 0.411 e. The lowest BCUT2D eigenvalue weighted by molar-refractivity contribution is -0.297. The molecule has 0 aliphatic carbocycles. The van der Waals surface area contributed by atoms with Gasteiger partial charge in [-0.25, -0.2) is 0 Å². The number of carbonyl (C=O) groups is 4. The van der Waals surface area contributed by atoms with Crippen LogP contribution >= 0.6 is 0 Å². The first-order chi connectivity index (χ1) is 49.7. The minimum absolute atomic E-state index is 0.0953. The molecule has 0 spiro atoms. The molecule has 0 bridgehead atoms. The van der Waals surface area contributed by atoms with Gasteiger partial charge in [-0.3, -0.25) is 19.2 Å². The van der Waals surface area contributed by atoms with Crippen LogP contribution < -0.4 is 37.5 Å².